The molecule has 20 heavy (non-hydrogen) atoms. The maximum atomic E-state index is 5.73. The van der Waals surface area contributed by atoms with E-state index in [-0.39, 0.29) is 6.04 Å². The van der Waals surface area contributed by atoms with Crippen molar-refractivity contribution < 1.29 is 4.74 Å². The van der Waals surface area contributed by atoms with E-state index in [1.165, 1.54) is 11.1 Å². The van der Waals surface area contributed by atoms with Crippen molar-refractivity contribution in [2.45, 2.75) is 33.2 Å². The Labute approximate surface area is 124 Å². The second-order valence-electron chi connectivity index (χ2n) is 4.98. The predicted octanol–water partition coefficient (Wildman–Crippen LogP) is 2.82. The lowest BCUT2D eigenvalue weighted by Crippen LogP contribution is -2.30. The molecular weight excluding hydrogens is 270 g/mol. The Balaban J connectivity index is 2.31. The molecule has 108 valence electrons. The van der Waals surface area contributed by atoms with Gasteiger partial charge in [0.25, 0.3) is 0 Å². The molecule has 2 aromatic heterocycles. The van der Waals surface area contributed by atoms with Gasteiger partial charge in [-0.2, -0.15) is 11.3 Å². The van der Waals surface area contributed by atoms with Gasteiger partial charge in [-0.25, -0.2) is 0 Å². The molecule has 2 aromatic rings. The summed E-state index contributed by atoms with van der Waals surface area (Å²) in [6, 6.07) is 0.0693. The van der Waals surface area contributed by atoms with Gasteiger partial charge in [-0.3, -0.25) is 16.3 Å². The molecular formula is C15H21N3OS. The number of aryl methyl sites for hydroxylation is 2. The van der Waals surface area contributed by atoms with Gasteiger partial charge in [-0.05, 0) is 42.7 Å². The van der Waals surface area contributed by atoms with Crippen LogP contribution in [0, 0.1) is 20.8 Å². The van der Waals surface area contributed by atoms with Gasteiger partial charge in [-0.15, -0.1) is 0 Å². The van der Waals surface area contributed by atoms with Gasteiger partial charge in [-0.1, -0.05) is 0 Å². The lowest BCUT2D eigenvalue weighted by atomic mass is 9.99. The van der Waals surface area contributed by atoms with E-state index in [0.29, 0.717) is 0 Å². The first-order chi connectivity index (χ1) is 9.58. The largest absolute Gasteiger partial charge is 0.496 e. The zero-order valence-corrected chi connectivity index (χ0v) is 13.2. The molecule has 2 heterocycles. The van der Waals surface area contributed by atoms with Gasteiger partial charge in [0.1, 0.15) is 5.75 Å². The van der Waals surface area contributed by atoms with Crippen molar-refractivity contribution >= 4 is 11.3 Å². The van der Waals surface area contributed by atoms with Crippen LogP contribution in [-0.4, -0.2) is 12.1 Å². The maximum absolute atomic E-state index is 5.73. The molecule has 0 saturated heterocycles. The second kappa shape index (κ2) is 6.35. The molecule has 0 aliphatic carbocycles. The average Bonchev–Trinajstić information content (AvgIpc) is 2.85. The first kappa shape index (κ1) is 15.0. The Morgan fingerprint density at radius 1 is 1.30 bits per heavy atom. The average molecular weight is 291 g/mol. The summed E-state index contributed by atoms with van der Waals surface area (Å²) in [5, 5.41) is 4.27. The van der Waals surface area contributed by atoms with E-state index in [1.54, 1.807) is 18.4 Å². The van der Waals surface area contributed by atoms with Crippen LogP contribution in [0.1, 0.15) is 34.0 Å². The van der Waals surface area contributed by atoms with Crippen molar-refractivity contribution in [3.05, 3.63) is 44.9 Å². The van der Waals surface area contributed by atoms with Gasteiger partial charge in [0.15, 0.2) is 0 Å². The van der Waals surface area contributed by atoms with Gasteiger partial charge in [0.2, 0.25) is 0 Å². The van der Waals surface area contributed by atoms with Gasteiger partial charge in [0.05, 0.1) is 13.2 Å². The number of rotatable bonds is 5. The van der Waals surface area contributed by atoms with E-state index in [9.17, 15) is 0 Å². The number of methoxy groups -OCH3 is 1. The molecule has 0 bridgehead atoms. The van der Waals surface area contributed by atoms with E-state index < -0.39 is 0 Å². The number of nitrogens with one attached hydrogen (secondary N) is 1. The summed E-state index contributed by atoms with van der Waals surface area (Å²) in [4.78, 5) is 4.54. The van der Waals surface area contributed by atoms with Gasteiger partial charge < -0.3 is 4.74 Å². The van der Waals surface area contributed by atoms with Crippen molar-refractivity contribution in [1.82, 2.24) is 10.4 Å². The highest BCUT2D eigenvalue weighted by Gasteiger charge is 2.17. The van der Waals surface area contributed by atoms with Crippen LogP contribution >= 0.6 is 11.3 Å². The minimum atomic E-state index is 0.0693. The molecule has 0 radical (unpaired) electrons. The van der Waals surface area contributed by atoms with Crippen molar-refractivity contribution in [3.8, 4) is 5.75 Å². The van der Waals surface area contributed by atoms with E-state index in [4.69, 9.17) is 10.6 Å². The smallest absolute Gasteiger partial charge is 0.128 e. The number of ether oxygens (including phenoxy) is 1. The Morgan fingerprint density at radius 2 is 2.05 bits per heavy atom. The lowest BCUT2D eigenvalue weighted by Gasteiger charge is -2.18. The zero-order valence-electron chi connectivity index (χ0n) is 12.4. The molecule has 0 amide bonds. The number of nitrogens with two attached hydrogens (primary N) is 1. The van der Waals surface area contributed by atoms with E-state index in [1.807, 2.05) is 20.0 Å². The number of hydrogen-bond acceptors (Lipinski definition) is 5. The SMILES string of the molecule is COc1c(C)cnc(CC(NN)c2cscc2C)c1C. The summed E-state index contributed by atoms with van der Waals surface area (Å²) in [5.74, 6) is 6.64. The highest BCUT2D eigenvalue weighted by molar-refractivity contribution is 7.08. The van der Waals surface area contributed by atoms with Crippen LogP contribution in [0.25, 0.3) is 0 Å². The second-order valence-corrected chi connectivity index (χ2v) is 5.72. The quantitative estimate of drug-likeness (QED) is 0.657. The van der Waals surface area contributed by atoms with E-state index >= 15 is 0 Å². The van der Waals surface area contributed by atoms with Crippen LogP contribution < -0.4 is 16.0 Å². The number of hydrazine groups is 1. The third kappa shape index (κ3) is 2.85. The van der Waals surface area contributed by atoms with Crippen molar-refractivity contribution in [3.63, 3.8) is 0 Å². The number of aromatic nitrogens is 1. The monoisotopic (exact) mass is 291 g/mol. The zero-order chi connectivity index (χ0) is 14.7. The first-order valence-corrected chi connectivity index (χ1v) is 7.50. The first-order valence-electron chi connectivity index (χ1n) is 6.56. The molecule has 1 unspecified atom stereocenters. The minimum Gasteiger partial charge on any atom is -0.496 e. The lowest BCUT2D eigenvalue weighted by molar-refractivity contribution is 0.406. The Bertz CT molecular complexity index is 595. The van der Waals surface area contributed by atoms with Crippen LogP contribution in [0.5, 0.6) is 5.75 Å². The number of pyridine rings is 1. The third-order valence-electron chi connectivity index (χ3n) is 3.62. The van der Waals surface area contributed by atoms with Crippen LogP contribution in [0.15, 0.2) is 17.0 Å². The molecule has 0 saturated carbocycles. The Hall–Kier alpha value is -1.43. The molecule has 0 aromatic carbocycles. The molecule has 0 fully saturated rings. The molecule has 5 heteroatoms. The van der Waals surface area contributed by atoms with Crippen LogP contribution in [0.4, 0.5) is 0 Å². The fourth-order valence-electron chi connectivity index (χ4n) is 2.46. The van der Waals surface area contributed by atoms with Crippen LogP contribution in [0.3, 0.4) is 0 Å². The minimum absolute atomic E-state index is 0.0693. The Kier molecular flexibility index (Phi) is 4.75. The molecule has 3 N–H and O–H groups in total. The molecule has 4 nitrogen and oxygen atoms in total. The highest BCUT2D eigenvalue weighted by atomic mass is 32.1. The van der Waals surface area contributed by atoms with Crippen molar-refractivity contribution in [2.75, 3.05) is 7.11 Å². The van der Waals surface area contributed by atoms with Crippen LogP contribution in [0.2, 0.25) is 0 Å². The predicted molar refractivity (Wildman–Crippen MR) is 83.1 cm³/mol. The van der Waals surface area contributed by atoms with Crippen molar-refractivity contribution in [1.29, 1.82) is 0 Å². The molecule has 0 aliphatic heterocycles. The standard InChI is InChI=1S/C15H21N3OS/c1-9-6-17-13(11(3)15(9)19-4)5-14(18-16)12-8-20-7-10(12)2/h6-8,14,18H,5,16H2,1-4H3. The maximum Gasteiger partial charge on any atom is 0.128 e. The molecule has 0 aliphatic rings. The van der Waals surface area contributed by atoms with Crippen LogP contribution in [-0.2, 0) is 6.42 Å². The number of thiophene rings is 1. The highest BCUT2D eigenvalue weighted by Crippen LogP contribution is 2.29. The summed E-state index contributed by atoms with van der Waals surface area (Å²) in [6.45, 7) is 6.15. The van der Waals surface area contributed by atoms with E-state index in [0.717, 1.165) is 29.0 Å². The molecule has 0 spiro atoms. The van der Waals surface area contributed by atoms with E-state index in [2.05, 4.69) is 28.1 Å². The summed E-state index contributed by atoms with van der Waals surface area (Å²) < 4.78 is 5.46. The fourth-order valence-corrected chi connectivity index (χ4v) is 3.36. The third-order valence-corrected chi connectivity index (χ3v) is 4.50. The summed E-state index contributed by atoms with van der Waals surface area (Å²) in [6.07, 6.45) is 2.60. The van der Waals surface area contributed by atoms with Crippen molar-refractivity contribution in [2.24, 2.45) is 5.84 Å². The fraction of sp³-hybridized carbons (Fsp3) is 0.400. The summed E-state index contributed by atoms with van der Waals surface area (Å²) >= 11 is 1.69. The summed E-state index contributed by atoms with van der Waals surface area (Å²) in [5.41, 5.74) is 8.54. The number of hydrogen-bond donors (Lipinski definition) is 2. The van der Waals surface area contributed by atoms with Gasteiger partial charge in [0, 0.05) is 29.4 Å². The Morgan fingerprint density at radius 3 is 2.60 bits per heavy atom. The molecule has 1 atom stereocenters. The topological polar surface area (TPSA) is 60.2 Å². The normalized spacial score (nSPS) is 12.4. The summed E-state index contributed by atoms with van der Waals surface area (Å²) in [7, 11) is 1.70. The molecule has 2 rings (SSSR count). The van der Waals surface area contributed by atoms with Gasteiger partial charge >= 0.3 is 0 Å². The number of nitrogens with zero attached hydrogens (tertiary/aromatic N) is 1.